The van der Waals surface area contributed by atoms with Crippen molar-refractivity contribution in [2.75, 3.05) is 26.2 Å². The lowest BCUT2D eigenvalue weighted by atomic mass is 9.72. The molecule has 1 spiro atoms. The van der Waals surface area contributed by atoms with E-state index in [-0.39, 0.29) is 42.0 Å². The van der Waals surface area contributed by atoms with Gasteiger partial charge in [-0.3, -0.25) is 4.79 Å². The van der Waals surface area contributed by atoms with Crippen LogP contribution >= 0.6 is 11.3 Å². The Hall–Kier alpha value is -1.90. The van der Waals surface area contributed by atoms with Gasteiger partial charge in [-0.1, -0.05) is 30.3 Å². The second kappa shape index (κ2) is 10.3. The van der Waals surface area contributed by atoms with Crippen LogP contribution in [0.2, 0.25) is 0 Å². The van der Waals surface area contributed by atoms with Crippen molar-refractivity contribution in [3.63, 3.8) is 0 Å². The smallest absolute Gasteiger partial charge is 0.248 e. The van der Waals surface area contributed by atoms with E-state index in [0.717, 1.165) is 43.1 Å². The summed E-state index contributed by atoms with van der Waals surface area (Å²) in [6.45, 7) is 7.12. The molecule has 3 fully saturated rings. The predicted molar refractivity (Wildman–Crippen MR) is 147 cm³/mol. The van der Waals surface area contributed by atoms with E-state index in [0.29, 0.717) is 37.9 Å². The first-order valence-electron chi connectivity index (χ1n) is 14.4. The Morgan fingerprint density at radius 2 is 1.89 bits per heavy atom. The zero-order valence-corrected chi connectivity index (χ0v) is 23.3. The number of rotatable bonds is 3. The Kier molecular flexibility index (Phi) is 7.10. The van der Waals surface area contributed by atoms with Crippen LogP contribution in [0.4, 0.5) is 8.78 Å². The average molecular weight is 543 g/mol. The molecule has 1 saturated carbocycles. The molecule has 2 N–H and O–H groups in total. The Morgan fingerprint density at radius 3 is 2.66 bits per heavy atom. The Morgan fingerprint density at radius 1 is 1.13 bits per heavy atom. The van der Waals surface area contributed by atoms with E-state index in [4.69, 9.17) is 4.98 Å². The predicted octanol–water partition coefficient (Wildman–Crippen LogP) is 5.04. The van der Waals surface area contributed by atoms with Crippen molar-refractivity contribution in [2.45, 2.75) is 88.1 Å². The van der Waals surface area contributed by atoms with E-state index in [1.165, 1.54) is 10.4 Å². The number of hydrogen-bond donors (Lipinski definition) is 2. The summed E-state index contributed by atoms with van der Waals surface area (Å²) in [5, 5.41) is 8.34. The number of aromatic nitrogens is 1. The molecule has 0 bridgehead atoms. The first-order chi connectivity index (χ1) is 18.3. The van der Waals surface area contributed by atoms with Crippen LogP contribution in [-0.4, -0.2) is 60.0 Å². The maximum absolute atomic E-state index is 14.6. The molecule has 38 heavy (non-hydrogen) atoms. The summed E-state index contributed by atoms with van der Waals surface area (Å²) in [5.41, 5.74) is 2.13. The third kappa shape index (κ3) is 4.81. The number of aryl methyl sites for hydroxylation is 1. The number of thiazole rings is 1. The molecule has 206 valence electrons. The number of benzene rings is 1. The summed E-state index contributed by atoms with van der Waals surface area (Å²) in [6.07, 6.45) is 3.52. The maximum Gasteiger partial charge on any atom is 0.248 e. The molecule has 5 nitrogen and oxygen atoms in total. The standard InChI is InChI=1S/C30H40F2N4OS/c1-19-14-25-27(38-20(2)35-25)29(18-34-19)17-33-16-24(29)28(37)36-13-10-23(21-6-4-3-5-7-21)15-26(36)22-8-11-30(31,32)12-9-22/h3-7,19,22-24,26,33-34H,8-18H2,1-2H3. The highest BCUT2D eigenvalue weighted by atomic mass is 32.1. The number of nitrogens with zero attached hydrogens (tertiary/aromatic N) is 2. The van der Waals surface area contributed by atoms with Crippen molar-refractivity contribution in [1.82, 2.24) is 20.5 Å². The minimum absolute atomic E-state index is 0.00975. The third-order valence-corrected chi connectivity index (χ3v) is 11.0. The zero-order chi connectivity index (χ0) is 26.5. The van der Waals surface area contributed by atoms with Gasteiger partial charge in [0, 0.05) is 67.8 Å². The van der Waals surface area contributed by atoms with E-state index in [1.54, 1.807) is 11.3 Å². The zero-order valence-electron chi connectivity index (χ0n) is 22.5. The lowest BCUT2D eigenvalue weighted by Crippen LogP contribution is -2.56. The fraction of sp³-hybridized carbons (Fsp3) is 0.667. The highest BCUT2D eigenvalue weighted by molar-refractivity contribution is 7.11. The van der Waals surface area contributed by atoms with Gasteiger partial charge in [0.1, 0.15) is 0 Å². The molecule has 5 atom stereocenters. The maximum atomic E-state index is 14.6. The number of likely N-dealkylation sites (tertiary alicyclic amines) is 1. The van der Waals surface area contributed by atoms with E-state index >= 15 is 0 Å². The summed E-state index contributed by atoms with van der Waals surface area (Å²) >= 11 is 1.75. The van der Waals surface area contributed by atoms with Gasteiger partial charge in [-0.2, -0.15) is 0 Å². The van der Waals surface area contributed by atoms with Gasteiger partial charge in [0.2, 0.25) is 11.8 Å². The fourth-order valence-electron chi connectivity index (χ4n) is 7.70. The summed E-state index contributed by atoms with van der Waals surface area (Å²) < 4.78 is 28.3. The molecular weight excluding hydrogens is 502 g/mol. The minimum atomic E-state index is -2.57. The van der Waals surface area contributed by atoms with Crippen molar-refractivity contribution < 1.29 is 13.6 Å². The Labute approximate surface area is 228 Å². The van der Waals surface area contributed by atoms with Crippen molar-refractivity contribution in [1.29, 1.82) is 0 Å². The van der Waals surface area contributed by atoms with Gasteiger partial charge in [-0.25, -0.2) is 13.8 Å². The normalized spacial score (nSPS) is 33.7. The van der Waals surface area contributed by atoms with Gasteiger partial charge >= 0.3 is 0 Å². The third-order valence-electron chi connectivity index (χ3n) is 9.78. The molecule has 5 unspecified atom stereocenters. The van der Waals surface area contributed by atoms with Crippen LogP contribution < -0.4 is 10.6 Å². The van der Waals surface area contributed by atoms with Crippen molar-refractivity contribution in [2.24, 2.45) is 11.8 Å². The summed E-state index contributed by atoms with van der Waals surface area (Å²) in [7, 11) is 0. The number of amides is 1. The minimum Gasteiger partial charge on any atom is -0.339 e. The number of halogens is 2. The summed E-state index contributed by atoms with van der Waals surface area (Å²) in [5.74, 6) is -2.05. The number of nitrogens with one attached hydrogen (secondary N) is 2. The van der Waals surface area contributed by atoms with Crippen LogP contribution in [0.25, 0.3) is 0 Å². The highest BCUT2D eigenvalue weighted by Crippen LogP contribution is 2.47. The van der Waals surface area contributed by atoms with Crippen LogP contribution in [0.3, 0.4) is 0 Å². The molecule has 2 saturated heterocycles. The van der Waals surface area contributed by atoms with Crippen LogP contribution in [-0.2, 0) is 16.6 Å². The SMILES string of the molecule is Cc1nc2c(s1)C1(CNCC1C(=O)N1CCC(c3ccccc3)CC1C1CCC(F)(F)CC1)CNC(C)C2. The number of carbonyl (C=O) groups is 1. The molecule has 0 radical (unpaired) electrons. The van der Waals surface area contributed by atoms with Crippen LogP contribution in [0.5, 0.6) is 0 Å². The topological polar surface area (TPSA) is 57.3 Å². The molecule has 4 heterocycles. The van der Waals surface area contributed by atoms with Crippen LogP contribution in [0, 0.1) is 18.8 Å². The lowest BCUT2D eigenvalue weighted by Gasteiger charge is -2.47. The number of fused-ring (bicyclic) bond motifs is 2. The largest absolute Gasteiger partial charge is 0.339 e. The van der Waals surface area contributed by atoms with Crippen LogP contribution in [0.1, 0.15) is 72.5 Å². The molecule has 4 aliphatic rings. The van der Waals surface area contributed by atoms with Gasteiger partial charge < -0.3 is 15.5 Å². The van der Waals surface area contributed by atoms with Gasteiger partial charge in [0.05, 0.1) is 16.6 Å². The molecule has 1 amide bonds. The average Bonchev–Trinajstić information content (AvgIpc) is 3.47. The second-order valence-electron chi connectivity index (χ2n) is 12.3. The summed E-state index contributed by atoms with van der Waals surface area (Å²) in [6, 6.07) is 10.9. The number of piperidine rings is 1. The molecule has 3 aliphatic heterocycles. The van der Waals surface area contributed by atoms with Crippen molar-refractivity contribution >= 4 is 17.2 Å². The number of alkyl halides is 2. The monoisotopic (exact) mass is 542 g/mol. The van der Waals surface area contributed by atoms with Gasteiger partial charge in [-0.05, 0) is 56.9 Å². The first kappa shape index (κ1) is 26.3. The van der Waals surface area contributed by atoms with E-state index in [1.807, 2.05) is 6.07 Å². The summed E-state index contributed by atoms with van der Waals surface area (Å²) in [4.78, 5) is 22.9. The molecule has 1 aromatic heterocycles. The molecule has 2 aromatic rings. The molecule has 8 heteroatoms. The van der Waals surface area contributed by atoms with Crippen LogP contribution in [0.15, 0.2) is 30.3 Å². The van der Waals surface area contributed by atoms with Gasteiger partial charge in [-0.15, -0.1) is 11.3 Å². The molecular formula is C30H40F2N4OS. The van der Waals surface area contributed by atoms with E-state index in [2.05, 4.69) is 53.6 Å². The van der Waals surface area contributed by atoms with E-state index < -0.39 is 5.92 Å². The number of hydrogen-bond acceptors (Lipinski definition) is 5. The van der Waals surface area contributed by atoms with Crippen molar-refractivity contribution in [3.05, 3.63) is 51.5 Å². The highest BCUT2D eigenvalue weighted by Gasteiger charge is 2.54. The second-order valence-corrected chi connectivity index (χ2v) is 13.5. The van der Waals surface area contributed by atoms with Gasteiger partial charge in [0.15, 0.2) is 0 Å². The number of carbonyl (C=O) groups excluding carboxylic acids is 1. The Bertz CT molecular complexity index is 1150. The quantitative estimate of drug-likeness (QED) is 0.571. The first-order valence-corrected chi connectivity index (χ1v) is 15.2. The molecule has 6 rings (SSSR count). The molecule has 1 aliphatic carbocycles. The lowest BCUT2D eigenvalue weighted by molar-refractivity contribution is -0.143. The fourth-order valence-corrected chi connectivity index (χ4v) is 8.88. The van der Waals surface area contributed by atoms with Crippen molar-refractivity contribution in [3.8, 4) is 0 Å². The molecule has 1 aromatic carbocycles. The van der Waals surface area contributed by atoms with Gasteiger partial charge in [0.25, 0.3) is 0 Å². The van der Waals surface area contributed by atoms with E-state index in [9.17, 15) is 13.6 Å². The Balaban J connectivity index is 1.31.